The van der Waals surface area contributed by atoms with E-state index in [2.05, 4.69) is 4.99 Å². The van der Waals surface area contributed by atoms with Crippen LogP contribution in [0, 0.1) is 0 Å². The number of ketones is 1. The van der Waals surface area contributed by atoms with Crippen LogP contribution in [-0.4, -0.2) is 11.5 Å². The Morgan fingerprint density at radius 3 is 2.90 bits per heavy atom. The standard InChI is InChI=1S/C8H11NO/c1-3-7-5-8(10)4-6(2)9-7/h5H,3-4H2,1-2H3. The molecular weight excluding hydrogens is 126 g/mol. The Morgan fingerprint density at radius 2 is 2.40 bits per heavy atom. The molecule has 2 nitrogen and oxygen atoms in total. The number of hydrogen-bond donors (Lipinski definition) is 0. The number of aliphatic imine (C=N–C) groups is 1. The SMILES string of the molecule is CCC1=CC(=O)CC(C)=N1. The van der Waals surface area contributed by atoms with E-state index in [1.54, 1.807) is 6.08 Å². The van der Waals surface area contributed by atoms with E-state index in [1.165, 1.54) is 0 Å². The smallest absolute Gasteiger partial charge is 0.163 e. The Morgan fingerprint density at radius 1 is 1.70 bits per heavy atom. The Labute approximate surface area is 60.7 Å². The summed E-state index contributed by atoms with van der Waals surface area (Å²) in [6, 6.07) is 0. The van der Waals surface area contributed by atoms with Crippen LogP contribution in [0.3, 0.4) is 0 Å². The fourth-order valence-electron chi connectivity index (χ4n) is 0.987. The molecule has 0 aliphatic carbocycles. The molecule has 2 heteroatoms. The summed E-state index contributed by atoms with van der Waals surface area (Å²) in [4.78, 5) is 15.1. The number of allylic oxidation sites excluding steroid dienone is 2. The van der Waals surface area contributed by atoms with Crippen molar-refractivity contribution in [1.29, 1.82) is 0 Å². The van der Waals surface area contributed by atoms with E-state index in [4.69, 9.17) is 0 Å². The molecule has 0 radical (unpaired) electrons. The molecule has 0 saturated heterocycles. The Kier molecular flexibility index (Phi) is 2.00. The maximum Gasteiger partial charge on any atom is 0.163 e. The van der Waals surface area contributed by atoms with Crippen molar-refractivity contribution in [2.24, 2.45) is 4.99 Å². The largest absolute Gasteiger partial charge is 0.294 e. The van der Waals surface area contributed by atoms with Crippen molar-refractivity contribution in [3.63, 3.8) is 0 Å². The van der Waals surface area contributed by atoms with Crippen molar-refractivity contribution in [3.05, 3.63) is 11.8 Å². The summed E-state index contributed by atoms with van der Waals surface area (Å²) in [6.45, 7) is 3.89. The highest BCUT2D eigenvalue weighted by molar-refractivity contribution is 6.08. The lowest BCUT2D eigenvalue weighted by Gasteiger charge is -2.05. The van der Waals surface area contributed by atoms with Gasteiger partial charge in [-0.2, -0.15) is 0 Å². The average molecular weight is 137 g/mol. The lowest BCUT2D eigenvalue weighted by molar-refractivity contribution is -0.113. The van der Waals surface area contributed by atoms with Crippen molar-refractivity contribution in [3.8, 4) is 0 Å². The second-order valence-corrected chi connectivity index (χ2v) is 2.48. The summed E-state index contributed by atoms with van der Waals surface area (Å²) in [5.41, 5.74) is 1.85. The maximum atomic E-state index is 10.9. The minimum atomic E-state index is 0.185. The second-order valence-electron chi connectivity index (χ2n) is 2.48. The van der Waals surface area contributed by atoms with Crippen molar-refractivity contribution < 1.29 is 4.79 Å². The highest BCUT2D eigenvalue weighted by Crippen LogP contribution is 2.10. The zero-order valence-corrected chi connectivity index (χ0v) is 6.35. The lowest BCUT2D eigenvalue weighted by Crippen LogP contribution is -2.07. The third-order valence-corrected chi connectivity index (χ3v) is 1.45. The minimum absolute atomic E-state index is 0.185. The van der Waals surface area contributed by atoms with Gasteiger partial charge in [-0.05, 0) is 13.3 Å². The highest BCUT2D eigenvalue weighted by atomic mass is 16.1. The van der Waals surface area contributed by atoms with Crippen LogP contribution in [0.15, 0.2) is 16.8 Å². The number of carbonyl (C=O) groups is 1. The van der Waals surface area contributed by atoms with Gasteiger partial charge in [0, 0.05) is 23.9 Å². The molecule has 1 rings (SSSR count). The normalized spacial score (nSPS) is 18.4. The van der Waals surface area contributed by atoms with Gasteiger partial charge in [-0.25, -0.2) is 0 Å². The Hall–Kier alpha value is -0.920. The van der Waals surface area contributed by atoms with Gasteiger partial charge < -0.3 is 0 Å². The van der Waals surface area contributed by atoms with E-state index in [0.717, 1.165) is 17.8 Å². The highest BCUT2D eigenvalue weighted by Gasteiger charge is 2.07. The number of nitrogens with zero attached hydrogens (tertiary/aromatic N) is 1. The lowest BCUT2D eigenvalue weighted by atomic mass is 10.1. The number of hydrogen-bond acceptors (Lipinski definition) is 2. The van der Waals surface area contributed by atoms with Crippen molar-refractivity contribution in [2.45, 2.75) is 26.7 Å². The minimum Gasteiger partial charge on any atom is -0.294 e. The molecule has 1 aliphatic heterocycles. The van der Waals surface area contributed by atoms with Gasteiger partial charge in [0.2, 0.25) is 0 Å². The van der Waals surface area contributed by atoms with Crippen LogP contribution >= 0.6 is 0 Å². The average Bonchev–Trinajstić information content (AvgIpc) is 1.85. The van der Waals surface area contributed by atoms with E-state index < -0.39 is 0 Å². The molecule has 0 spiro atoms. The molecule has 0 aromatic carbocycles. The fraction of sp³-hybridized carbons (Fsp3) is 0.500. The van der Waals surface area contributed by atoms with Crippen LogP contribution in [0.25, 0.3) is 0 Å². The Bertz CT molecular complexity index is 213. The third-order valence-electron chi connectivity index (χ3n) is 1.45. The first-order chi connectivity index (χ1) is 4.72. The van der Waals surface area contributed by atoms with Gasteiger partial charge in [0.1, 0.15) is 0 Å². The van der Waals surface area contributed by atoms with Gasteiger partial charge in [0.15, 0.2) is 5.78 Å². The molecule has 1 heterocycles. The number of rotatable bonds is 1. The van der Waals surface area contributed by atoms with Crippen molar-refractivity contribution in [2.75, 3.05) is 0 Å². The molecule has 0 aromatic rings. The summed E-state index contributed by atoms with van der Waals surface area (Å²) in [5.74, 6) is 0.185. The summed E-state index contributed by atoms with van der Waals surface area (Å²) in [7, 11) is 0. The topological polar surface area (TPSA) is 29.4 Å². The van der Waals surface area contributed by atoms with Crippen LogP contribution in [-0.2, 0) is 4.79 Å². The van der Waals surface area contributed by atoms with Crippen LogP contribution in [0.2, 0.25) is 0 Å². The van der Waals surface area contributed by atoms with Crippen LogP contribution in [0.1, 0.15) is 26.7 Å². The summed E-state index contributed by atoms with van der Waals surface area (Å²) in [5, 5.41) is 0. The maximum absolute atomic E-state index is 10.9. The molecule has 0 saturated carbocycles. The first kappa shape index (κ1) is 7.19. The molecule has 0 atom stereocenters. The van der Waals surface area contributed by atoms with E-state index in [0.29, 0.717) is 6.42 Å². The van der Waals surface area contributed by atoms with Gasteiger partial charge in [0.05, 0.1) is 0 Å². The predicted octanol–water partition coefficient (Wildman–Crippen LogP) is 1.71. The molecule has 1 aliphatic rings. The van der Waals surface area contributed by atoms with E-state index in [-0.39, 0.29) is 5.78 Å². The fourth-order valence-corrected chi connectivity index (χ4v) is 0.987. The first-order valence-electron chi connectivity index (χ1n) is 3.50. The molecule has 0 unspecified atom stereocenters. The monoisotopic (exact) mass is 137 g/mol. The van der Waals surface area contributed by atoms with Gasteiger partial charge in [-0.3, -0.25) is 9.79 Å². The molecule has 0 N–H and O–H groups in total. The van der Waals surface area contributed by atoms with Crippen LogP contribution in [0.5, 0.6) is 0 Å². The van der Waals surface area contributed by atoms with Crippen molar-refractivity contribution >= 4 is 11.5 Å². The molecule has 0 fully saturated rings. The predicted molar refractivity (Wildman–Crippen MR) is 41.1 cm³/mol. The van der Waals surface area contributed by atoms with Gasteiger partial charge >= 0.3 is 0 Å². The summed E-state index contributed by atoms with van der Waals surface area (Å²) < 4.78 is 0. The Balaban J connectivity index is 2.82. The van der Waals surface area contributed by atoms with E-state index >= 15 is 0 Å². The molecule has 54 valence electrons. The third kappa shape index (κ3) is 1.53. The van der Waals surface area contributed by atoms with Gasteiger partial charge in [0.25, 0.3) is 0 Å². The van der Waals surface area contributed by atoms with Crippen LogP contribution in [0.4, 0.5) is 0 Å². The van der Waals surface area contributed by atoms with Gasteiger partial charge in [-0.15, -0.1) is 0 Å². The van der Waals surface area contributed by atoms with Crippen LogP contribution < -0.4 is 0 Å². The molecular formula is C8H11NO. The summed E-state index contributed by atoms with van der Waals surface area (Å²) >= 11 is 0. The van der Waals surface area contributed by atoms with E-state index in [9.17, 15) is 4.79 Å². The second kappa shape index (κ2) is 2.78. The molecule has 10 heavy (non-hydrogen) atoms. The summed E-state index contributed by atoms with van der Waals surface area (Å²) in [6.07, 6.45) is 2.99. The zero-order chi connectivity index (χ0) is 7.56. The first-order valence-corrected chi connectivity index (χ1v) is 3.50. The van der Waals surface area contributed by atoms with Crippen molar-refractivity contribution in [1.82, 2.24) is 0 Å². The van der Waals surface area contributed by atoms with Gasteiger partial charge in [-0.1, -0.05) is 6.92 Å². The number of carbonyl (C=O) groups excluding carboxylic acids is 1. The van der Waals surface area contributed by atoms with E-state index in [1.807, 2.05) is 13.8 Å². The molecule has 0 bridgehead atoms. The molecule has 0 aromatic heterocycles. The molecule has 0 amide bonds. The zero-order valence-electron chi connectivity index (χ0n) is 6.35. The quantitative estimate of drug-likeness (QED) is 0.541.